The predicted molar refractivity (Wildman–Crippen MR) is 227 cm³/mol. The smallest absolute Gasteiger partial charge is 0.160 e. The zero-order valence-corrected chi connectivity index (χ0v) is 37.0. The molecule has 9 heteroatoms. The number of fused-ring (bicyclic) bond motifs is 6. The van der Waals surface area contributed by atoms with Crippen LogP contribution in [0.15, 0.2) is 58.4 Å². The molecule has 1 aromatic carbocycles. The van der Waals surface area contributed by atoms with Gasteiger partial charge in [0.25, 0.3) is 0 Å². The highest BCUT2D eigenvalue weighted by Gasteiger charge is 2.72. The Kier molecular flexibility index (Phi) is 9.76. The number of epoxide rings is 1. The van der Waals surface area contributed by atoms with Gasteiger partial charge in [-0.1, -0.05) is 65.3 Å². The predicted octanol–water partition coefficient (Wildman–Crippen LogP) is 5.91. The van der Waals surface area contributed by atoms with Crippen LogP contribution in [0.25, 0.3) is 0 Å². The molecular formula is C50H69N2O7+. The van der Waals surface area contributed by atoms with E-state index >= 15 is 0 Å². The number of aliphatic hydroxyl groups is 3. The topological polar surface area (TPSA) is 133 Å². The van der Waals surface area contributed by atoms with E-state index < -0.39 is 28.6 Å². The number of aryl methyl sites for hydroxylation is 1. The molecule has 4 aliphatic heterocycles. The summed E-state index contributed by atoms with van der Waals surface area (Å²) in [7, 11) is 0. The summed E-state index contributed by atoms with van der Waals surface area (Å²) in [4.78, 5) is 34.4. The summed E-state index contributed by atoms with van der Waals surface area (Å²) in [6.45, 7) is 21.2. The van der Waals surface area contributed by atoms with Crippen molar-refractivity contribution in [3.8, 4) is 0 Å². The lowest BCUT2D eigenvalue weighted by molar-refractivity contribution is -0.856. The molecule has 9 nitrogen and oxygen atoms in total. The zero-order valence-electron chi connectivity index (χ0n) is 37.0. The normalized spacial score (nSPS) is 41.1. The molecule has 1 aromatic rings. The van der Waals surface area contributed by atoms with Gasteiger partial charge in [0.1, 0.15) is 23.8 Å². The first kappa shape index (κ1) is 41.6. The zero-order chi connectivity index (χ0) is 42.2. The van der Waals surface area contributed by atoms with Crippen LogP contribution in [-0.4, -0.2) is 82.3 Å². The van der Waals surface area contributed by atoms with Gasteiger partial charge < -0.3 is 24.8 Å². The number of allylic oxidation sites excluding steroid dienone is 1. The molecular weight excluding hydrogens is 741 g/mol. The number of hydrogen-bond acceptors (Lipinski definition) is 8. The third-order valence-corrected chi connectivity index (χ3v) is 17.9. The number of aliphatic imine (C=N–C) groups is 1. The van der Waals surface area contributed by atoms with Gasteiger partial charge in [-0.05, 0) is 103 Å². The lowest BCUT2D eigenvalue weighted by Crippen LogP contribution is -3.11. The third kappa shape index (κ3) is 6.25. The minimum atomic E-state index is -0.900. The van der Waals surface area contributed by atoms with E-state index in [2.05, 4.69) is 78.9 Å². The number of carbonyl (C=O) groups excluding carboxylic acids is 2. The summed E-state index contributed by atoms with van der Waals surface area (Å²) in [6.07, 6.45) is 10.4. The number of benzene rings is 1. The van der Waals surface area contributed by atoms with E-state index in [1.807, 2.05) is 20.0 Å². The first-order valence-electron chi connectivity index (χ1n) is 22.7. The Labute approximate surface area is 351 Å². The first-order valence-corrected chi connectivity index (χ1v) is 22.7. The van der Waals surface area contributed by atoms with E-state index in [0.29, 0.717) is 64.1 Å². The third-order valence-electron chi connectivity index (χ3n) is 17.9. The van der Waals surface area contributed by atoms with Gasteiger partial charge in [-0.15, -0.1) is 0 Å². The van der Waals surface area contributed by atoms with Gasteiger partial charge in [0.15, 0.2) is 11.8 Å². The van der Waals surface area contributed by atoms with E-state index in [0.717, 1.165) is 58.4 Å². The molecule has 0 radical (unpaired) electrons. The maximum atomic E-state index is 14.8. The number of nitrogens with zero attached hydrogens (tertiary/aromatic N) is 1. The van der Waals surface area contributed by atoms with E-state index in [1.165, 1.54) is 4.90 Å². The van der Waals surface area contributed by atoms with Crippen molar-refractivity contribution in [3.05, 3.63) is 70.1 Å². The van der Waals surface area contributed by atoms with Crippen molar-refractivity contribution < 1.29 is 39.3 Å². The van der Waals surface area contributed by atoms with Crippen LogP contribution >= 0.6 is 0 Å². The fraction of sp³-hybridized carbons (Fsp3) is 0.700. The number of ketones is 2. The molecule has 4 heterocycles. The lowest BCUT2D eigenvalue weighted by atomic mass is 9.34. The minimum absolute atomic E-state index is 0.00343. The maximum Gasteiger partial charge on any atom is 0.160 e. The average Bonchev–Trinajstić information content (AvgIpc) is 3.44. The number of rotatable bonds is 9. The lowest BCUT2D eigenvalue weighted by Gasteiger charge is -2.69. The van der Waals surface area contributed by atoms with Crippen molar-refractivity contribution in [1.29, 1.82) is 0 Å². The van der Waals surface area contributed by atoms with Gasteiger partial charge in [-0.2, -0.15) is 0 Å². The van der Waals surface area contributed by atoms with Gasteiger partial charge in [0.05, 0.1) is 35.9 Å². The van der Waals surface area contributed by atoms with E-state index in [1.54, 1.807) is 0 Å². The first-order chi connectivity index (χ1) is 27.6. The number of carbonyl (C=O) groups is 2. The van der Waals surface area contributed by atoms with E-state index in [-0.39, 0.29) is 58.0 Å². The second-order valence-electron chi connectivity index (χ2n) is 22.1. The van der Waals surface area contributed by atoms with Crippen LogP contribution in [0.1, 0.15) is 123 Å². The van der Waals surface area contributed by atoms with Crippen LogP contribution in [0.5, 0.6) is 0 Å². The van der Waals surface area contributed by atoms with Crippen LogP contribution < -0.4 is 4.90 Å². The van der Waals surface area contributed by atoms with Crippen LogP contribution in [0.3, 0.4) is 0 Å². The largest absolute Gasteiger partial charge is 0.392 e. The van der Waals surface area contributed by atoms with Crippen LogP contribution in [0.2, 0.25) is 0 Å². The fourth-order valence-electron chi connectivity index (χ4n) is 14.7. The van der Waals surface area contributed by atoms with Crippen LogP contribution in [0.4, 0.5) is 0 Å². The molecule has 8 aliphatic rings. The molecule has 4 N–H and O–H groups in total. The molecule has 3 saturated carbocycles. The van der Waals surface area contributed by atoms with Gasteiger partial charge in [0, 0.05) is 67.9 Å². The Morgan fingerprint density at radius 3 is 2.41 bits per heavy atom. The van der Waals surface area contributed by atoms with Crippen LogP contribution in [0, 0.1) is 52.3 Å². The van der Waals surface area contributed by atoms with Crippen LogP contribution in [-0.2, 0) is 31.1 Å². The molecule has 9 rings (SSSR count). The highest BCUT2D eigenvalue weighted by Crippen LogP contribution is 2.74. The summed E-state index contributed by atoms with van der Waals surface area (Å²) >= 11 is 0. The minimum Gasteiger partial charge on any atom is -0.392 e. The number of hydrogen-bond donors (Lipinski definition) is 4. The highest BCUT2D eigenvalue weighted by atomic mass is 16.6. The Balaban J connectivity index is 1.11. The highest BCUT2D eigenvalue weighted by molar-refractivity contribution is 6.07. The molecule has 2 saturated heterocycles. The van der Waals surface area contributed by atoms with Crippen molar-refractivity contribution in [1.82, 2.24) is 0 Å². The summed E-state index contributed by atoms with van der Waals surface area (Å²) in [6, 6.07) is 6.47. The number of aliphatic hydroxyl groups excluding tert-OH is 2. The number of quaternary nitrogens is 1. The summed E-state index contributed by atoms with van der Waals surface area (Å²) in [5.41, 5.74) is 4.44. The molecule has 5 fully saturated rings. The molecule has 0 bridgehead atoms. The number of nitrogens with one attached hydrogen (secondary N) is 1. The fourth-order valence-corrected chi connectivity index (χ4v) is 14.7. The Hall–Kier alpha value is -2.79. The second kappa shape index (κ2) is 13.9. The van der Waals surface area contributed by atoms with Crippen molar-refractivity contribution >= 4 is 17.3 Å². The molecule has 59 heavy (non-hydrogen) atoms. The van der Waals surface area contributed by atoms with E-state index in [4.69, 9.17) is 14.5 Å². The molecule has 0 amide bonds. The molecule has 4 aliphatic carbocycles. The van der Waals surface area contributed by atoms with E-state index in [9.17, 15) is 24.9 Å². The maximum absolute atomic E-state index is 14.8. The quantitative estimate of drug-likeness (QED) is 0.228. The van der Waals surface area contributed by atoms with Gasteiger partial charge in [-0.3, -0.25) is 19.5 Å². The van der Waals surface area contributed by atoms with Crippen molar-refractivity contribution in [2.45, 2.75) is 156 Å². The standard InChI is InChI=1S/C50H68N2O7/c1-28-20-30(24-32(21-28)50(57)15-18-58-19-16-50)23-31-26-52(34-12-17-51-41(31)34)27-33-40-39(29(2)22-35(53)44-46(5,6)59-44)36(54)25-49(40,9)48(8)14-10-37-45(3,4)38(55)11-13-47(37,7)43(48)42(33)56/h12,17,20-21,24,26,29,33-35,37,42-44,53,56-57H,10-11,13-16,18-19,22-23,25,27H2,1-9H3/p+1/t29-,33+,34?,35-,37+,42-,43?,44+,47+,48+,49-/m1/s1. The van der Waals surface area contributed by atoms with Crippen molar-refractivity contribution in [2.24, 2.45) is 50.3 Å². The van der Waals surface area contributed by atoms with Gasteiger partial charge in [-0.25, -0.2) is 0 Å². The molecule has 3 unspecified atom stereocenters. The average molecular weight is 810 g/mol. The van der Waals surface area contributed by atoms with Gasteiger partial charge in [0.2, 0.25) is 0 Å². The number of ether oxygens (including phenoxy) is 2. The molecule has 320 valence electrons. The summed E-state index contributed by atoms with van der Waals surface area (Å²) in [5.74, 6) is 0.0119. The van der Waals surface area contributed by atoms with Crippen molar-refractivity contribution in [3.63, 3.8) is 0 Å². The SMILES string of the molecule is Cc1cc(CC2=C[NH+](C[C@H]3C4=C([C@H](C)C[C@@H](O)[C@@H]5OC5(C)C)C(=O)C[C@@]4(C)[C@@]4(C)CC[C@H]5C(C)(C)C(=O)CC[C@]5(C)C4[C@@H]3O)C3C=CN=C23)cc(C2(O)CCOCC2)c1. The summed E-state index contributed by atoms with van der Waals surface area (Å²) < 4.78 is 11.5. The Morgan fingerprint density at radius 2 is 1.71 bits per heavy atom. The Bertz CT molecular complexity index is 2070. The second-order valence-corrected chi connectivity index (χ2v) is 22.1. The van der Waals surface area contributed by atoms with Crippen molar-refractivity contribution in [2.75, 3.05) is 19.8 Å². The summed E-state index contributed by atoms with van der Waals surface area (Å²) in [5, 5.41) is 36.4. The van der Waals surface area contributed by atoms with Gasteiger partial charge >= 0.3 is 0 Å². The Morgan fingerprint density at radius 1 is 1.00 bits per heavy atom. The monoisotopic (exact) mass is 810 g/mol. The molecule has 12 atom stereocenters. The molecule has 0 spiro atoms. The number of Topliss-reactive ketones (excluding diaryl/α,β-unsaturated/α-hetero) is 2. The molecule has 0 aromatic heterocycles.